The Balaban J connectivity index is 1.95. The predicted octanol–water partition coefficient (Wildman–Crippen LogP) is 3.90. The number of carboxylic acids is 1. The van der Waals surface area contributed by atoms with E-state index in [0.717, 1.165) is 16.9 Å². The number of amides is 4. The second kappa shape index (κ2) is 9.44. The van der Waals surface area contributed by atoms with Crippen LogP contribution in [0, 0.1) is 0 Å². The smallest absolute Gasteiger partial charge is 0.341 e. The fraction of sp³-hybridized carbons (Fsp3) is 0.143. The van der Waals surface area contributed by atoms with Gasteiger partial charge in [-0.2, -0.15) is 0 Å². The second-order valence-corrected chi connectivity index (χ2v) is 8.18. The minimum absolute atomic E-state index is 0.225. The fourth-order valence-corrected chi connectivity index (χ4v) is 4.32. The number of carboxylic acid groups (broad SMARTS) is 1. The summed E-state index contributed by atoms with van der Waals surface area (Å²) >= 11 is 6.58. The molecule has 1 fully saturated rings. The van der Waals surface area contributed by atoms with Crippen LogP contribution >= 0.6 is 31.9 Å². The van der Waals surface area contributed by atoms with Crippen molar-refractivity contribution >= 4 is 67.4 Å². The maximum absolute atomic E-state index is 13.0. The van der Waals surface area contributed by atoms with Gasteiger partial charge in [-0.3, -0.25) is 14.9 Å². The van der Waals surface area contributed by atoms with E-state index in [9.17, 15) is 19.2 Å². The van der Waals surface area contributed by atoms with Gasteiger partial charge in [-0.1, -0.05) is 19.1 Å². The van der Waals surface area contributed by atoms with E-state index in [-0.39, 0.29) is 11.3 Å². The number of hydrogen-bond donors (Lipinski definition) is 2. The molecule has 1 aliphatic heterocycles. The van der Waals surface area contributed by atoms with Gasteiger partial charge in [0, 0.05) is 0 Å². The van der Waals surface area contributed by atoms with Crippen molar-refractivity contribution in [3.8, 4) is 5.75 Å². The molecule has 0 saturated carbocycles. The summed E-state index contributed by atoms with van der Waals surface area (Å²) in [6, 6.07) is 9.20. The number of imide groups is 2. The van der Waals surface area contributed by atoms with Crippen molar-refractivity contribution in [2.75, 3.05) is 11.5 Å². The van der Waals surface area contributed by atoms with E-state index in [4.69, 9.17) is 9.84 Å². The zero-order valence-corrected chi connectivity index (χ0v) is 19.3. The van der Waals surface area contributed by atoms with Crippen molar-refractivity contribution in [1.29, 1.82) is 0 Å². The molecule has 0 aliphatic carbocycles. The van der Waals surface area contributed by atoms with Crippen LogP contribution in [0.2, 0.25) is 0 Å². The lowest BCUT2D eigenvalue weighted by molar-refractivity contribution is -0.139. The molecule has 4 amide bonds. The molecule has 2 aromatic rings. The van der Waals surface area contributed by atoms with Gasteiger partial charge in [-0.25, -0.2) is 14.5 Å². The summed E-state index contributed by atoms with van der Waals surface area (Å²) in [6.07, 6.45) is 2.15. The molecule has 2 aromatic carbocycles. The summed E-state index contributed by atoms with van der Waals surface area (Å²) in [5.74, 6) is -2.44. The normalized spacial score (nSPS) is 15.3. The van der Waals surface area contributed by atoms with Crippen LogP contribution in [0.5, 0.6) is 5.75 Å². The van der Waals surface area contributed by atoms with Gasteiger partial charge in [0.05, 0.1) is 14.6 Å². The zero-order chi connectivity index (χ0) is 22.7. The number of anilines is 1. The maximum Gasteiger partial charge on any atom is 0.341 e. The number of benzene rings is 2. The first kappa shape index (κ1) is 22.7. The number of ether oxygens (including phenoxy) is 1. The van der Waals surface area contributed by atoms with Gasteiger partial charge in [0.25, 0.3) is 11.8 Å². The highest BCUT2D eigenvalue weighted by molar-refractivity contribution is 9.11. The number of barbiturate groups is 1. The van der Waals surface area contributed by atoms with Crippen LogP contribution in [-0.4, -0.2) is 35.5 Å². The molecule has 0 radical (unpaired) electrons. The van der Waals surface area contributed by atoms with Gasteiger partial charge >= 0.3 is 12.0 Å². The van der Waals surface area contributed by atoms with Crippen LogP contribution in [-0.2, 0) is 20.8 Å². The van der Waals surface area contributed by atoms with E-state index in [1.165, 1.54) is 6.08 Å². The van der Waals surface area contributed by atoms with E-state index >= 15 is 0 Å². The first-order valence-electron chi connectivity index (χ1n) is 9.05. The number of urea groups is 1. The number of aliphatic carboxylic acids is 1. The molecule has 0 bridgehead atoms. The molecule has 0 aromatic heterocycles. The molecule has 1 heterocycles. The average molecular weight is 552 g/mol. The summed E-state index contributed by atoms with van der Waals surface area (Å²) in [4.78, 5) is 49.3. The van der Waals surface area contributed by atoms with Crippen molar-refractivity contribution in [2.45, 2.75) is 13.3 Å². The van der Waals surface area contributed by atoms with Gasteiger partial charge < -0.3 is 9.84 Å². The van der Waals surface area contributed by atoms with Crippen molar-refractivity contribution in [3.05, 3.63) is 62.0 Å². The molecule has 0 unspecified atom stereocenters. The Labute approximate surface area is 194 Å². The molecule has 1 saturated heterocycles. The van der Waals surface area contributed by atoms with Gasteiger partial charge in [0.2, 0.25) is 0 Å². The van der Waals surface area contributed by atoms with Crippen LogP contribution in [0.25, 0.3) is 6.08 Å². The minimum Gasteiger partial charge on any atom is -0.480 e. The molecule has 8 nitrogen and oxygen atoms in total. The van der Waals surface area contributed by atoms with E-state index in [2.05, 4.69) is 37.2 Å². The SMILES string of the molecule is CCc1ccc(N2C(=O)NC(=O)/C(=C\c3cc(Br)c(OCC(=O)O)c(Br)c3)C2=O)cc1. The molecular formula is C21H16Br2N2O6. The molecule has 31 heavy (non-hydrogen) atoms. The third-order valence-electron chi connectivity index (χ3n) is 4.38. The lowest BCUT2D eigenvalue weighted by Gasteiger charge is -2.26. The standard InChI is InChI=1S/C21H16Br2N2O6/c1-2-11-3-5-13(6-4-11)25-20(29)14(19(28)24-21(25)30)7-12-8-15(22)18(16(23)9-12)31-10-17(26)27/h3-9H,2,10H2,1H3,(H,26,27)(H,24,28,30)/b14-7+. The number of carbonyl (C=O) groups is 4. The van der Waals surface area contributed by atoms with Gasteiger partial charge in [-0.15, -0.1) is 0 Å². The lowest BCUT2D eigenvalue weighted by atomic mass is 10.1. The lowest BCUT2D eigenvalue weighted by Crippen LogP contribution is -2.54. The molecular weight excluding hydrogens is 536 g/mol. The van der Waals surface area contributed by atoms with Crippen LogP contribution in [0.3, 0.4) is 0 Å². The van der Waals surface area contributed by atoms with E-state index < -0.39 is 30.4 Å². The highest BCUT2D eigenvalue weighted by Gasteiger charge is 2.36. The number of hydrogen-bond acceptors (Lipinski definition) is 5. The minimum atomic E-state index is -1.13. The van der Waals surface area contributed by atoms with Crippen LogP contribution < -0.4 is 15.0 Å². The van der Waals surface area contributed by atoms with Gasteiger partial charge in [0.15, 0.2) is 6.61 Å². The predicted molar refractivity (Wildman–Crippen MR) is 120 cm³/mol. The van der Waals surface area contributed by atoms with Gasteiger partial charge in [0.1, 0.15) is 11.3 Å². The fourth-order valence-electron chi connectivity index (χ4n) is 2.87. The molecule has 0 atom stereocenters. The Bertz CT molecular complexity index is 1090. The monoisotopic (exact) mass is 550 g/mol. The summed E-state index contributed by atoms with van der Waals surface area (Å²) < 4.78 is 6.05. The topological polar surface area (TPSA) is 113 Å². The van der Waals surface area contributed by atoms with Gasteiger partial charge in [-0.05, 0) is 79.7 Å². The molecule has 2 N–H and O–H groups in total. The third-order valence-corrected chi connectivity index (χ3v) is 5.55. The van der Waals surface area contributed by atoms with Crippen molar-refractivity contribution in [1.82, 2.24) is 5.32 Å². The number of aryl methyl sites for hydroxylation is 1. The highest BCUT2D eigenvalue weighted by Crippen LogP contribution is 2.35. The summed E-state index contributed by atoms with van der Waals surface area (Å²) in [7, 11) is 0. The molecule has 10 heteroatoms. The number of nitrogens with zero attached hydrogens (tertiary/aromatic N) is 1. The van der Waals surface area contributed by atoms with E-state index in [0.29, 0.717) is 20.2 Å². The molecule has 0 spiro atoms. The van der Waals surface area contributed by atoms with Crippen LogP contribution in [0.4, 0.5) is 10.5 Å². The van der Waals surface area contributed by atoms with Crippen LogP contribution in [0.15, 0.2) is 50.9 Å². The first-order chi connectivity index (χ1) is 14.7. The van der Waals surface area contributed by atoms with Crippen molar-refractivity contribution in [2.24, 2.45) is 0 Å². The number of halogens is 2. The molecule has 3 rings (SSSR count). The summed E-state index contributed by atoms with van der Waals surface area (Å²) in [5, 5.41) is 11.0. The number of nitrogens with one attached hydrogen (secondary N) is 1. The molecule has 160 valence electrons. The largest absolute Gasteiger partial charge is 0.480 e. The Morgan fingerprint density at radius 1 is 1.13 bits per heavy atom. The Morgan fingerprint density at radius 2 is 1.74 bits per heavy atom. The van der Waals surface area contributed by atoms with Crippen LogP contribution in [0.1, 0.15) is 18.1 Å². The summed E-state index contributed by atoms with van der Waals surface area (Å²) in [6.45, 7) is 1.45. The molecule has 1 aliphatic rings. The Hall–Kier alpha value is -2.98. The quantitative estimate of drug-likeness (QED) is 0.416. The number of carbonyl (C=O) groups excluding carboxylic acids is 3. The second-order valence-electron chi connectivity index (χ2n) is 6.47. The summed E-state index contributed by atoms with van der Waals surface area (Å²) in [5.41, 5.74) is 1.62. The van der Waals surface area contributed by atoms with E-state index in [1.54, 1.807) is 36.4 Å². The highest BCUT2D eigenvalue weighted by atomic mass is 79.9. The number of rotatable bonds is 6. The van der Waals surface area contributed by atoms with Crippen molar-refractivity contribution < 1.29 is 29.0 Å². The Morgan fingerprint density at radius 3 is 2.29 bits per heavy atom. The average Bonchev–Trinajstić information content (AvgIpc) is 2.70. The first-order valence-corrected chi connectivity index (χ1v) is 10.6. The van der Waals surface area contributed by atoms with Crippen molar-refractivity contribution in [3.63, 3.8) is 0 Å². The third kappa shape index (κ3) is 5.02. The Kier molecular flexibility index (Phi) is 6.91. The van der Waals surface area contributed by atoms with E-state index in [1.807, 2.05) is 6.92 Å². The zero-order valence-electron chi connectivity index (χ0n) is 16.1. The maximum atomic E-state index is 13.0.